The molecule has 2 nitrogen and oxygen atoms in total. The second-order valence-corrected chi connectivity index (χ2v) is 4.90. The third kappa shape index (κ3) is 1.81. The maximum atomic E-state index is 5.79. The van der Waals surface area contributed by atoms with Crippen LogP contribution in [0.15, 0.2) is 28.1 Å². The summed E-state index contributed by atoms with van der Waals surface area (Å²) in [5, 5.41) is 3.11. The Hall–Kier alpha value is -0.870. The number of rotatable bonds is 1. The average Bonchev–Trinajstić information content (AvgIpc) is 2.57. The number of aryl methyl sites for hydroxylation is 1. The van der Waals surface area contributed by atoms with Crippen molar-refractivity contribution in [2.75, 3.05) is 5.73 Å². The van der Waals surface area contributed by atoms with E-state index in [-0.39, 0.29) is 0 Å². The van der Waals surface area contributed by atoms with Crippen LogP contribution in [0.1, 0.15) is 5.01 Å². The van der Waals surface area contributed by atoms with E-state index in [4.69, 9.17) is 5.73 Å². The summed E-state index contributed by atoms with van der Waals surface area (Å²) in [4.78, 5) is 4.40. The maximum absolute atomic E-state index is 5.79. The molecule has 0 radical (unpaired) electrons. The molecule has 2 aromatic rings. The number of anilines is 1. The van der Waals surface area contributed by atoms with Crippen molar-refractivity contribution in [1.82, 2.24) is 4.98 Å². The molecule has 0 amide bonds. The predicted octanol–water partition coefficient (Wildman–Crippen LogP) is 3.46. The topological polar surface area (TPSA) is 38.9 Å². The van der Waals surface area contributed by atoms with Crippen LogP contribution in [0.3, 0.4) is 0 Å². The Kier molecular flexibility index (Phi) is 2.56. The molecule has 0 aliphatic heterocycles. The number of nitrogens with two attached hydrogens (primary N) is 1. The van der Waals surface area contributed by atoms with Crippen molar-refractivity contribution in [3.8, 4) is 11.3 Å². The summed E-state index contributed by atoms with van der Waals surface area (Å²) in [6, 6.07) is 5.88. The number of hydrogen-bond donors (Lipinski definition) is 1. The molecular weight excluding hydrogens is 260 g/mol. The van der Waals surface area contributed by atoms with Gasteiger partial charge in [-0.25, -0.2) is 4.98 Å². The summed E-state index contributed by atoms with van der Waals surface area (Å²) in [6.45, 7) is 2.00. The Morgan fingerprint density at radius 2 is 2.21 bits per heavy atom. The molecule has 0 bridgehead atoms. The molecule has 0 aliphatic carbocycles. The Bertz CT molecular complexity index is 465. The molecule has 0 unspecified atom stereocenters. The molecule has 0 aliphatic rings. The van der Waals surface area contributed by atoms with Crippen molar-refractivity contribution in [2.24, 2.45) is 0 Å². The molecule has 0 saturated heterocycles. The molecule has 14 heavy (non-hydrogen) atoms. The zero-order chi connectivity index (χ0) is 10.1. The van der Waals surface area contributed by atoms with Crippen LogP contribution in [0.4, 0.5) is 5.69 Å². The average molecular weight is 269 g/mol. The first kappa shape index (κ1) is 9.68. The SMILES string of the molecule is Cc1nc(-c2ccc(Br)c(N)c2)cs1. The molecule has 0 fully saturated rings. The second-order valence-electron chi connectivity index (χ2n) is 2.99. The largest absolute Gasteiger partial charge is 0.398 e. The summed E-state index contributed by atoms with van der Waals surface area (Å²) in [5.74, 6) is 0. The monoisotopic (exact) mass is 268 g/mol. The minimum atomic E-state index is 0.744. The highest BCUT2D eigenvalue weighted by molar-refractivity contribution is 9.10. The van der Waals surface area contributed by atoms with Gasteiger partial charge in [-0.2, -0.15) is 0 Å². The van der Waals surface area contributed by atoms with Crippen molar-refractivity contribution in [3.05, 3.63) is 33.1 Å². The molecule has 1 aromatic carbocycles. The standard InChI is InChI=1S/C10H9BrN2S/c1-6-13-10(5-14-6)7-2-3-8(11)9(12)4-7/h2-5H,12H2,1H3. The van der Waals surface area contributed by atoms with Crippen molar-refractivity contribution in [2.45, 2.75) is 6.92 Å². The van der Waals surface area contributed by atoms with E-state index in [1.54, 1.807) is 11.3 Å². The van der Waals surface area contributed by atoms with Gasteiger partial charge >= 0.3 is 0 Å². The number of aromatic nitrogens is 1. The molecule has 0 saturated carbocycles. The van der Waals surface area contributed by atoms with Crippen molar-refractivity contribution >= 4 is 33.0 Å². The Morgan fingerprint density at radius 1 is 1.43 bits per heavy atom. The first-order chi connectivity index (χ1) is 6.66. The van der Waals surface area contributed by atoms with Crippen LogP contribution in [0, 0.1) is 6.92 Å². The van der Waals surface area contributed by atoms with Crippen LogP contribution in [-0.4, -0.2) is 4.98 Å². The van der Waals surface area contributed by atoms with Gasteiger partial charge in [0.1, 0.15) is 0 Å². The molecule has 2 rings (SSSR count). The van der Waals surface area contributed by atoms with Gasteiger partial charge in [-0.05, 0) is 35.0 Å². The molecule has 2 N–H and O–H groups in total. The van der Waals surface area contributed by atoms with E-state index < -0.39 is 0 Å². The summed E-state index contributed by atoms with van der Waals surface area (Å²) in [5.41, 5.74) is 8.59. The number of nitrogens with zero attached hydrogens (tertiary/aromatic N) is 1. The fourth-order valence-electron chi connectivity index (χ4n) is 1.20. The van der Waals surface area contributed by atoms with Crippen LogP contribution in [0.2, 0.25) is 0 Å². The zero-order valence-corrected chi connectivity index (χ0v) is 10.0. The van der Waals surface area contributed by atoms with Gasteiger partial charge in [0, 0.05) is 21.1 Å². The summed E-state index contributed by atoms with van der Waals surface area (Å²) in [6.07, 6.45) is 0. The highest BCUT2D eigenvalue weighted by Crippen LogP contribution is 2.27. The zero-order valence-electron chi connectivity index (χ0n) is 7.62. The number of hydrogen-bond acceptors (Lipinski definition) is 3. The quantitative estimate of drug-likeness (QED) is 0.805. The highest BCUT2D eigenvalue weighted by Gasteiger charge is 2.03. The summed E-state index contributed by atoms with van der Waals surface area (Å²) >= 11 is 5.01. The Labute approximate surface area is 94.9 Å². The van der Waals surface area contributed by atoms with Crippen molar-refractivity contribution in [1.29, 1.82) is 0 Å². The van der Waals surface area contributed by atoms with Gasteiger partial charge in [0.2, 0.25) is 0 Å². The first-order valence-electron chi connectivity index (χ1n) is 4.14. The number of halogens is 1. The molecule has 72 valence electrons. The lowest BCUT2D eigenvalue weighted by molar-refractivity contribution is 1.30. The Balaban J connectivity index is 2.47. The molecule has 0 spiro atoms. The first-order valence-corrected chi connectivity index (χ1v) is 5.81. The van der Waals surface area contributed by atoms with Crippen LogP contribution in [-0.2, 0) is 0 Å². The van der Waals surface area contributed by atoms with E-state index in [9.17, 15) is 0 Å². The van der Waals surface area contributed by atoms with E-state index in [1.165, 1.54) is 0 Å². The number of thiazole rings is 1. The molecule has 1 aromatic heterocycles. The third-order valence-electron chi connectivity index (χ3n) is 1.91. The lowest BCUT2D eigenvalue weighted by Gasteiger charge is -2.00. The minimum absolute atomic E-state index is 0.744. The maximum Gasteiger partial charge on any atom is 0.0901 e. The van der Waals surface area contributed by atoms with Crippen LogP contribution in [0.25, 0.3) is 11.3 Å². The molecule has 0 atom stereocenters. The fraction of sp³-hybridized carbons (Fsp3) is 0.100. The fourth-order valence-corrected chi connectivity index (χ4v) is 2.07. The normalized spacial score (nSPS) is 10.4. The molecular formula is C10H9BrN2S. The van der Waals surface area contributed by atoms with Crippen LogP contribution < -0.4 is 5.73 Å². The van der Waals surface area contributed by atoms with Crippen molar-refractivity contribution in [3.63, 3.8) is 0 Å². The second kappa shape index (κ2) is 3.71. The van der Waals surface area contributed by atoms with E-state index in [0.29, 0.717) is 0 Å². The van der Waals surface area contributed by atoms with Crippen molar-refractivity contribution < 1.29 is 0 Å². The van der Waals surface area contributed by atoms with Gasteiger partial charge in [-0.15, -0.1) is 11.3 Å². The Morgan fingerprint density at radius 3 is 2.79 bits per heavy atom. The van der Waals surface area contributed by atoms with E-state index in [0.717, 1.165) is 26.4 Å². The van der Waals surface area contributed by atoms with Gasteiger partial charge in [-0.3, -0.25) is 0 Å². The summed E-state index contributed by atoms with van der Waals surface area (Å²) < 4.78 is 0.924. The predicted molar refractivity (Wildman–Crippen MR) is 64.4 cm³/mol. The minimum Gasteiger partial charge on any atom is -0.398 e. The van der Waals surface area contributed by atoms with E-state index in [1.807, 2.05) is 30.5 Å². The van der Waals surface area contributed by atoms with Gasteiger partial charge in [0.25, 0.3) is 0 Å². The molecule has 1 heterocycles. The lowest BCUT2D eigenvalue weighted by atomic mass is 10.1. The van der Waals surface area contributed by atoms with Crippen LogP contribution in [0.5, 0.6) is 0 Å². The summed E-state index contributed by atoms with van der Waals surface area (Å²) in [7, 11) is 0. The number of nitrogen functional groups attached to an aromatic ring is 1. The number of benzene rings is 1. The van der Waals surface area contributed by atoms with Gasteiger partial charge in [0.15, 0.2) is 0 Å². The third-order valence-corrected chi connectivity index (χ3v) is 3.41. The van der Waals surface area contributed by atoms with E-state index in [2.05, 4.69) is 20.9 Å². The van der Waals surface area contributed by atoms with Gasteiger partial charge < -0.3 is 5.73 Å². The van der Waals surface area contributed by atoms with Gasteiger partial charge in [0.05, 0.1) is 10.7 Å². The lowest BCUT2D eigenvalue weighted by Crippen LogP contribution is -1.87. The van der Waals surface area contributed by atoms with Gasteiger partial charge in [-0.1, -0.05) is 6.07 Å². The molecule has 4 heteroatoms. The highest BCUT2D eigenvalue weighted by atomic mass is 79.9. The smallest absolute Gasteiger partial charge is 0.0901 e. The van der Waals surface area contributed by atoms with E-state index >= 15 is 0 Å². The van der Waals surface area contributed by atoms with Crippen LogP contribution >= 0.6 is 27.3 Å².